The van der Waals surface area contributed by atoms with Crippen LogP contribution in [0.25, 0.3) is 11.1 Å². The van der Waals surface area contributed by atoms with Crippen molar-refractivity contribution in [2.24, 2.45) is 0 Å². The summed E-state index contributed by atoms with van der Waals surface area (Å²) in [6.07, 6.45) is 2.69. The van der Waals surface area contributed by atoms with E-state index in [1.807, 2.05) is 0 Å². The summed E-state index contributed by atoms with van der Waals surface area (Å²) in [5.74, 6) is -0.981. The molecule has 0 bridgehead atoms. The van der Waals surface area contributed by atoms with E-state index in [0.29, 0.717) is 30.4 Å². The molecule has 1 saturated heterocycles. The molecule has 1 fully saturated rings. The van der Waals surface area contributed by atoms with Gasteiger partial charge in [0.1, 0.15) is 4.90 Å². The molecular formula is C25H29N3O7S2. The second-order valence-corrected chi connectivity index (χ2v) is 13.5. The third kappa shape index (κ3) is 4.62. The van der Waals surface area contributed by atoms with Gasteiger partial charge in [0.15, 0.2) is 15.4 Å². The van der Waals surface area contributed by atoms with Crippen molar-refractivity contribution >= 4 is 36.9 Å². The highest BCUT2D eigenvalue weighted by molar-refractivity contribution is 7.91. The number of aromatic nitrogens is 1. The minimum Gasteiger partial charge on any atom is -0.408 e. The lowest BCUT2D eigenvalue weighted by molar-refractivity contribution is 0.0868. The Kier molecular flexibility index (Phi) is 6.75. The first-order valence-electron chi connectivity index (χ1n) is 12.4. The number of likely N-dealkylation sites (tertiary alicyclic amines) is 1. The first-order valence-corrected chi connectivity index (χ1v) is 15.5. The van der Waals surface area contributed by atoms with Gasteiger partial charge in [-0.1, -0.05) is 19.1 Å². The molecule has 0 aliphatic carbocycles. The van der Waals surface area contributed by atoms with Crippen LogP contribution in [0.5, 0.6) is 0 Å². The van der Waals surface area contributed by atoms with Gasteiger partial charge in [-0.15, -0.1) is 0 Å². The highest BCUT2D eigenvalue weighted by Gasteiger charge is 2.40. The topological polar surface area (TPSA) is 127 Å². The largest absolute Gasteiger partial charge is 0.420 e. The van der Waals surface area contributed by atoms with E-state index in [9.17, 15) is 26.4 Å². The second-order valence-electron chi connectivity index (χ2n) is 9.43. The lowest BCUT2D eigenvalue weighted by Gasteiger charge is -2.32. The molecular weight excluding hydrogens is 518 g/mol. The normalized spacial score (nSPS) is 18.5. The number of hydrogen-bond acceptors (Lipinski definition) is 8. The quantitative estimate of drug-likeness (QED) is 0.394. The average Bonchev–Trinajstić information content (AvgIpc) is 3.32. The molecule has 10 nitrogen and oxygen atoms in total. The van der Waals surface area contributed by atoms with E-state index in [2.05, 4.69) is 4.90 Å². The van der Waals surface area contributed by atoms with Gasteiger partial charge >= 0.3 is 5.76 Å². The molecule has 0 atom stereocenters. The van der Waals surface area contributed by atoms with Gasteiger partial charge in [-0.05, 0) is 62.6 Å². The second kappa shape index (κ2) is 9.73. The predicted octanol–water partition coefficient (Wildman–Crippen LogP) is 2.65. The number of sulfone groups is 1. The van der Waals surface area contributed by atoms with Gasteiger partial charge in [-0.25, -0.2) is 25.9 Å². The Balaban J connectivity index is 1.17. The van der Waals surface area contributed by atoms with E-state index in [-0.39, 0.29) is 33.7 Å². The molecule has 0 saturated carbocycles. The molecule has 2 aliphatic heterocycles. The van der Waals surface area contributed by atoms with Crippen LogP contribution in [0.1, 0.15) is 49.0 Å². The molecule has 0 N–H and O–H groups in total. The summed E-state index contributed by atoms with van der Waals surface area (Å²) in [5, 5.41) is 0. The maximum atomic E-state index is 12.7. The van der Waals surface area contributed by atoms with Crippen molar-refractivity contribution in [1.29, 1.82) is 0 Å². The summed E-state index contributed by atoms with van der Waals surface area (Å²) < 4.78 is 57.9. The number of oxazole rings is 1. The number of nitrogens with zero attached hydrogens (tertiary/aromatic N) is 3. The number of unbranched alkanes of at least 4 members (excludes halogenated alkanes) is 1. The molecule has 0 unspecified atom stereocenters. The number of rotatable bonds is 8. The smallest absolute Gasteiger partial charge is 0.408 e. The number of amides is 1. The van der Waals surface area contributed by atoms with Crippen molar-refractivity contribution < 1.29 is 26.0 Å². The third-order valence-corrected chi connectivity index (χ3v) is 10.8. The van der Waals surface area contributed by atoms with Crippen LogP contribution in [-0.4, -0.2) is 68.4 Å². The van der Waals surface area contributed by atoms with Crippen LogP contribution in [-0.2, 0) is 19.9 Å². The molecule has 2 aliphatic rings. The van der Waals surface area contributed by atoms with Crippen LogP contribution in [0.3, 0.4) is 0 Å². The molecule has 37 heavy (non-hydrogen) atoms. The maximum Gasteiger partial charge on any atom is 0.420 e. The lowest BCUT2D eigenvalue weighted by atomic mass is 10.0. The Hall–Kier alpha value is -2.96. The van der Waals surface area contributed by atoms with E-state index < -0.39 is 31.5 Å². The summed E-state index contributed by atoms with van der Waals surface area (Å²) in [6.45, 7) is 3.96. The molecule has 12 heteroatoms. The molecule has 3 heterocycles. The first kappa shape index (κ1) is 25.7. The zero-order chi connectivity index (χ0) is 26.4. The van der Waals surface area contributed by atoms with Crippen molar-refractivity contribution in [3.05, 3.63) is 58.6 Å². The van der Waals surface area contributed by atoms with E-state index in [4.69, 9.17) is 4.42 Å². The fourth-order valence-corrected chi connectivity index (χ4v) is 7.67. The van der Waals surface area contributed by atoms with Gasteiger partial charge in [0.05, 0.1) is 21.7 Å². The molecule has 1 amide bonds. The number of hydrogen-bond donors (Lipinski definition) is 0. The SMILES string of the molecule is CCS(=O)(=O)c1ccc2oc(=O)n(C3CCN(CCCCN4C(=O)c5ccccc5S4(=O)=O)CC3)c2c1. The molecule has 2 aromatic carbocycles. The summed E-state index contributed by atoms with van der Waals surface area (Å²) in [4.78, 5) is 27.6. The highest BCUT2D eigenvalue weighted by Crippen LogP contribution is 2.31. The van der Waals surface area contributed by atoms with Crippen LogP contribution < -0.4 is 5.76 Å². The van der Waals surface area contributed by atoms with Crippen LogP contribution >= 0.6 is 0 Å². The Labute approximate surface area is 215 Å². The maximum absolute atomic E-state index is 12.7. The van der Waals surface area contributed by atoms with Crippen LogP contribution in [0.15, 0.2) is 61.5 Å². The molecule has 0 radical (unpaired) electrons. The number of carbonyl (C=O) groups is 1. The van der Waals surface area contributed by atoms with Crippen LogP contribution in [0, 0.1) is 0 Å². The summed E-state index contributed by atoms with van der Waals surface area (Å²) >= 11 is 0. The highest BCUT2D eigenvalue weighted by atomic mass is 32.2. The lowest BCUT2D eigenvalue weighted by Crippen LogP contribution is -2.37. The van der Waals surface area contributed by atoms with Crippen molar-refractivity contribution in [2.75, 3.05) is 31.9 Å². The zero-order valence-corrected chi connectivity index (χ0v) is 22.1. The van der Waals surface area contributed by atoms with E-state index in [1.54, 1.807) is 23.6 Å². The van der Waals surface area contributed by atoms with Crippen molar-refractivity contribution in [1.82, 2.24) is 13.8 Å². The van der Waals surface area contributed by atoms with Crippen LogP contribution in [0.4, 0.5) is 0 Å². The van der Waals surface area contributed by atoms with Gasteiger partial charge in [-0.3, -0.25) is 9.36 Å². The number of benzene rings is 2. The molecule has 0 spiro atoms. The number of carbonyl (C=O) groups excluding carboxylic acids is 1. The number of piperidine rings is 1. The van der Waals surface area contributed by atoms with Gasteiger partial charge < -0.3 is 9.32 Å². The van der Waals surface area contributed by atoms with Gasteiger partial charge in [0.25, 0.3) is 15.9 Å². The molecule has 5 rings (SSSR count). The standard InChI is InChI=1S/C25H29N3O7S2/c1-2-36(31,32)19-9-10-22-21(17-19)28(25(30)35-22)18-11-15-26(16-12-18)13-5-6-14-27-24(29)20-7-3-4-8-23(20)37(27,33)34/h3-4,7-10,17-18H,2,5-6,11-16H2,1H3. The monoisotopic (exact) mass is 547 g/mol. The Morgan fingerprint density at radius 2 is 1.70 bits per heavy atom. The minimum atomic E-state index is -3.78. The Bertz CT molecular complexity index is 1620. The average molecular weight is 548 g/mol. The minimum absolute atomic E-state index is 0.0240. The fourth-order valence-electron chi connectivity index (χ4n) is 5.16. The van der Waals surface area contributed by atoms with Gasteiger partial charge in [-0.2, -0.15) is 0 Å². The van der Waals surface area contributed by atoms with Gasteiger partial charge in [0, 0.05) is 25.7 Å². The van der Waals surface area contributed by atoms with E-state index in [1.165, 1.54) is 30.3 Å². The fraction of sp³-hybridized carbons (Fsp3) is 0.440. The van der Waals surface area contributed by atoms with Crippen LogP contribution in [0.2, 0.25) is 0 Å². The summed E-state index contributed by atoms with van der Waals surface area (Å²) in [5.41, 5.74) is 1.09. The predicted molar refractivity (Wildman–Crippen MR) is 137 cm³/mol. The first-order chi connectivity index (χ1) is 17.6. The van der Waals surface area contributed by atoms with E-state index in [0.717, 1.165) is 30.4 Å². The molecule has 198 valence electrons. The van der Waals surface area contributed by atoms with Crippen molar-refractivity contribution in [3.8, 4) is 0 Å². The number of fused-ring (bicyclic) bond motifs is 2. The van der Waals surface area contributed by atoms with Crippen molar-refractivity contribution in [2.45, 2.75) is 48.4 Å². The van der Waals surface area contributed by atoms with Gasteiger partial charge in [0.2, 0.25) is 0 Å². The third-order valence-electron chi connectivity index (χ3n) is 7.24. The van der Waals surface area contributed by atoms with E-state index >= 15 is 0 Å². The molecule has 1 aromatic heterocycles. The Morgan fingerprint density at radius 1 is 1.00 bits per heavy atom. The Morgan fingerprint density at radius 3 is 2.41 bits per heavy atom. The summed E-state index contributed by atoms with van der Waals surface area (Å²) in [7, 11) is -7.19. The zero-order valence-electron chi connectivity index (χ0n) is 20.5. The molecule has 3 aromatic rings. The number of sulfonamides is 1. The summed E-state index contributed by atoms with van der Waals surface area (Å²) in [6, 6.07) is 10.7. The van der Waals surface area contributed by atoms with Crippen molar-refractivity contribution in [3.63, 3.8) is 0 Å².